The van der Waals surface area contributed by atoms with Crippen molar-refractivity contribution in [2.45, 2.75) is 12.5 Å². The number of guanidine groups is 1. The Balaban J connectivity index is 0.00000341. The van der Waals surface area contributed by atoms with Gasteiger partial charge >= 0.3 is 0 Å². The van der Waals surface area contributed by atoms with E-state index < -0.39 is 11.9 Å². The molecule has 31 heavy (non-hydrogen) atoms. The number of nitrogens with zero attached hydrogens (tertiary/aromatic N) is 2. The SMILES string of the molecule is I.OC(CN=C(NCCc1ccco1)NCCN1CCOCC1)c1ccc(Cl)c(F)c1. The molecule has 10 heteroatoms. The molecule has 2 aromatic rings. The molecule has 0 aliphatic carbocycles. The zero-order valence-corrected chi connectivity index (χ0v) is 20.3. The minimum atomic E-state index is -0.931. The molecule has 1 aromatic carbocycles. The smallest absolute Gasteiger partial charge is 0.191 e. The number of hydrogen-bond acceptors (Lipinski definition) is 5. The van der Waals surface area contributed by atoms with Crippen molar-refractivity contribution in [2.24, 2.45) is 4.99 Å². The highest BCUT2D eigenvalue weighted by atomic mass is 127. The zero-order valence-electron chi connectivity index (χ0n) is 17.2. The van der Waals surface area contributed by atoms with Gasteiger partial charge in [-0.3, -0.25) is 9.89 Å². The summed E-state index contributed by atoms with van der Waals surface area (Å²) in [7, 11) is 0. The predicted octanol–water partition coefficient (Wildman–Crippen LogP) is 2.83. The van der Waals surface area contributed by atoms with Gasteiger partial charge in [0.1, 0.15) is 11.6 Å². The number of aliphatic hydroxyl groups is 1. The van der Waals surface area contributed by atoms with Crippen molar-refractivity contribution in [3.05, 3.63) is 58.8 Å². The number of rotatable bonds is 9. The molecule has 1 aromatic heterocycles. The number of aliphatic imine (C=N–C) groups is 1. The van der Waals surface area contributed by atoms with Crippen molar-refractivity contribution in [1.29, 1.82) is 0 Å². The highest BCUT2D eigenvalue weighted by Crippen LogP contribution is 2.20. The first-order chi connectivity index (χ1) is 14.6. The minimum absolute atomic E-state index is 0. The second kappa shape index (κ2) is 13.9. The van der Waals surface area contributed by atoms with Crippen LogP contribution in [0.3, 0.4) is 0 Å². The summed E-state index contributed by atoms with van der Waals surface area (Å²) in [5.41, 5.74) is 0.434. The molecule has 1 aliphatic rings. The second-order valence-corrected chi connectivity index (χ2v) is 7.42. The Hall–Kier alpha value is -1.40. The molecule has 3 N–H and O–H groups in total. The lowest BCUT2D eigenvalue weighted by Gasteiger charge is -2.26. The lowest BCUT2D eigenvalue weighted by atomic mass is 10.1. The van der Waals surface area contributed by atoms with Gasteiger partial charge in [0.25, 0.3) is 0 Å². The van der Waals surface area contributed by atoms with Crippen molar-refractivity contribution in [2.75, 3.05) is 52.5 Å². The van der Waals surface area contributed by atoms with Crippen LogP contribution >= 0.6 is 35.6 Å². The average Bonchev–Trinajstić information content (AvgIpc) is 3.27. The maximum Gasteiger partial charge on any atom is 0.191 e. The maximum absolute atomic E-state index is 13.7. The number of morpholine rings is 1. The lowest BCUT2D eigenvalue weighted by Crippen LogP contribution is -2.45. The Morgan fingerprint density at radius 2 is 2.00 bits per heavy atom. The first kappa shape index (κ1) is 25.9. The number of nitrogens with one attached hydrogen (secondary N) is 2. The molecule has 0 saturated carbocycles. The summed E-state index contributed by atoms with van der Waals surface area (Å²) in [6.07, 6.45) is 1.42. The van der Waals surface area contributed by atoms with Crippen molar-refractivity contribution in [3.8, 4) is 0 Å². The molecule has 7 nitrogen and oxygen atoms in total. The van der Waals surface area contributed by atoms with E-state index in [1.165, 1.54) is 12.1 Å². The largest absolute Gasteiger partial charge is 0.469 e. The van der Waals surface area contributed by atoms with E-state index in [4.69, 9.17) is 20.8 Å². The van der Waals surface area contributed by atoms with Crippen molar-refractivity contribution in [1.82, 2.24) is 15.5 Å². The highest BCUT2D eigenvalue weighted by molar-refractivity contribution is 14.0. The molecule has 1 unspecified atom stereocenters. The monoisotopic (exact) mass is 566 g/mol. The van der Waals surface area contributed by atoms with Crippen LogP contribution in [0, 0.1) is 5.82 Å². The van der Waals surface area contributed by atoms with Crippen LogP contribution in [0.5, 0.6) is 0 Å². The fourth-order valence-corrected chi connectivity index (χ4v) is 3.21. The number of ether oxygens (including phenoxy) is 1. The third-order valence-electron chi connectivity index (χ3n) is 4.82. The highest BCUT2D eigenvalue weighted by Gasteiger charge is 2.12. The summed E-state index contributed by atoms with van der Waals surface area (Å²) in [5, 5.41) is 17.0. The van der Waals surface area contributed by atoms with Gasteiger partial charge in [-0.1, -0.05) is 17.7 Å². The number of aliphatic hydroxyl groups excluding tert-OH is 1. The van der Waals surface area contributed by atoms with Crippen molar-refractivity contribution >= 4 is 41.5 Å². The maximum atomic E-state index is 13.7. The number of furan rings is 1. The van der Waals surface area contributed by atoms with E-state index in [0.717, 1.165) is 38.6 Å². The van der Waals surface area contributed by atoms with E-state index in [9.17, 15) is 9.50 Å². The van der Waals surface area contributed by atoms with E-state index in [2.05, 4.69) is 20.5 Å². The Morgan fingerprint density at radius 1 is 1.23 bits per heavy atom. The third-order valence-corrected chi connectivity index (χ3v) is 5.13. The van der Waals surface area contributed by atoms with Crippen LogP contribution in [0.25, 0.3) is 0 Å². The van der Waals surface area contributed by atoms with Gasteiger partial charge in [0.2, 0.25) is 0 Å². The summed E-state index contributed by atoms with van der Waals surface area (Å²) in [6, 6.07) is 8.04. The summed E-state index contributed by atoms with van der Waals surface area (Å²) in [5.74, 6) is 0.910. The summed E-state index contributed by atoms with van der Waals surface area (Å²) in [6.45, 7) is 5.64. The molecule has 0 bridgehead atoms. The van der Waals surface area contributed by atoms with E-state index in [1.54, 1.807) is 12.3 Å². The molecule has 172 valence electrons. The van der Waals surface area contributed by atoms with E-state index >= 15 is 0 Å². The minimum Gasteiger partial charge on any atom is -0.469 e. The topological polar surface area (TPSA) is 82.3 Å². The molecule has 1 atom stereocenters. The van der Waals surface area contributed by atoms with Gasteiger partial charge in [0, 0.05) is 39.1 Å². The van der Waals surface area contributed by atoms with Gasteiger partial charge in [-0.15, -0.1) is 24.0 Å². The van der Waals surface area contributed by atoms with E-state index in [1.807, 2.05) is 12.1 Å². The molecular formula is C21H29ClFIN4O3. The summed E-state index contributed by atoms with van der Waals surface area (Å²) < 4.78 is 24.4. The first-order valence-corrected chi connectivity index (χ1v) is 10.5. The van der Waals surface area contributed by atoms with Crippen LogP contribution in [-0.4, -0.2) is 68.4 Å². The van der Waals surface area contributed by atoms with Crippen LogP contribution in [-0.2, 0) is 11.2 Å². The molecule has 1 aliphatic heterocycles. The Bertz CT molecular complexity index is 804. The number of hydrogen-bond donors (Lipinski definition) is 3. The standard InChI is InChI=1S/C21H28ClFN4O3.HI/c22-18-4-3-16(14-19(18)23)20(28)15-26-21(24-6-5-17-2-1-11-30-17)25-7-8-27-9-12-29-13-10-27;/h1-4,11,14,20,28H,5-10,12-13,15H2,(H2,24,25,26);1H. The van der Waals surface area contributed by atoms with Crippen LogP contribution in [0.2, 0.25) is 5.02 Å². The van der Waals surface area contributed by atoms with Gasteiger partial charge in [-0.05, 0) is 29.8 Å². The first-order valence-electron chi connectivity index (χ1n) is 10.1. The normalized spacial score (nSPS) is 15.9. The fraction of sp³-hybridized carbons (Fsp3) is 0.476. The van der Waals surface area contributed by atoms with Crippen LogP contribution < -0.4 is 10.6 Å². The molecule has 0 spiro atoms. The fourth-order valence-electron chi connectivity index (χ4n) is 3.09. The van der Waals surface area contributed by atoms with Gasteiger partial charge in [0.15, 0.2) is 5.96 Å². The van der Waals surface area contributed by atoms with Crippen LogP contribution in [0.15, 0.2) is 46.0 Å². The summed E-state index contributed by atoms with van der Waals surface area (Å²) in [4.78, 5) is 6.79. The number of halogens is 3. The molecule has 1 saturated heterocycles. The average molecular weight is 567 g/mol. The van der Waals surface area contributed by atoms with E-state index in [-0.39, 0.29) is 35.5 Å². The predicted molar refractivity (Wildman–Crippen MR) is 130 cm³/mol. The molecule has 0 amide bonds. The molecule has 1 fully saturated rings. The Labute approximate surface area is 204 Å². The Kier molecular flexibility index (Phi) is 11.6. The molecular weight excluding hydrogens is 538 g/mol. The third kappa shape index (κ3) is 8.93. The molecule has 2 heterocycles. The van der Waals surface area contributed by atoms with Crippen LogP contribution in [0.1, 0.15) is 17.4 Å². The molecule has 3 rings (SSSR count). The van der Waals surface area contributed by atoms with Crippen molar-refractivity contribution < 1.29 is 18.7 Å². The van der Waals surface area contributed by atoms with E-state index in [0.29, 0.717) is 31.0 Å². The zero-order chi connectivity index (χ0) is 21.2. The lowest BCUT2D eigenvalue weighted by molar-refractivity contribution is 0.0389. The Morgan fingerprint density at radius 3 is 2.71 bits per heavy atom. The second-order valence-electron chi connectivity index (χ2n) is 7.02. The van der Waals surface area contributed by atoms with Gasteiger partial charge in [-0.25, -0.2) is 4.39 Å². The summed E-state index contributed by atoms with van der Waals surface area (Å²) >= 11 is 5.71. The van der Waals surface area contributed by atoms with Gasteiger partial charge in [-0.2, -0.15) is 0 Å². The number of benzene rings is 1. The molecule has 0 radical (unpaired) electrons. The van der Waals surface area contributed by atoms with Gasteiger partial charge in [0.05, 0.1) is 37.1 Å². The van der Waals surface area contributed by atoms with Crippen LogP contribution in [0.4, 0.5) is 4.39 Å². The van der Waals surface area contributed by atoms with Gasteiger partial charge < -0.3 is 24.9 Å². The van der Waals surface area contributed by atoms with Crippen molar-refractivity contribution in [3.63, 3.8) is 0 Å². The quantitative estimate of drug-likeness (QED) is 0.246.